The van der Waals surface area contributed by atoms with Crippen molar-refractivity contribution in [1.29, 1.82) is 0 Å². The Bertz CT molecular complexity index is 485. The molecule has 0 aliphatic rings. The number of hydrogen-bond acceptors (Lipinski definition) is 3. The summed E-state index contributed by atoms with van der Waals surface area (Å²) in [5.74, 6) is 1.45. The molecule has 2 aromatic rings. The summed E-state index contributed by atoms with van der Waals surface area (Å²) in [6.45, 7) is 0.162. The van der Waals surface area contributed by atoms with E-state index >= 15 is 0 Å². The van der Waals surface area contributed by atoms with Crippen LogP contribution in [-0.2, 0) is 6.42 Å². The summed E-state index contributed by atoms with van der Waals surface area (Å²) in [5, 5.41) is 8.81. The first-order valence-corrected chi connectivity index (χ1v) is 6.05. The van der Waals surface area contributed by atoms with Gasteiger partial charge in [0.1, 0.15) is 11.5 Å². The highest BCUT2D eigenvalue weighted by atomic mass is 79.9. The van der Waals surface area contributed by atoms with E-state index in [0.717, 1.165) is 15.8 Å². The van der Waals surface area contributed by atoms with E-state index < -0.39 is 0 Å². The Hall–Kier alpha value is -1.39. The molecular weight excluding hydrogens is 282 g/mol. The molecule has 3 nitrogen and oxygen atoms in total. The molecule has 1 heterocycles. The van der Waals surface area contributed by atoms with Crippen LogP contribution >= 0.6 is 15.9 Å². The predicted molar refractivity (Wildman–Crippen MR) is 69.2 cm³/mol. The standard InChI is InChI=1S/C13H12BrNO2/c14-11-7-13(9-15-8-11)17-12-3-1-10(2-4-12)5-6-16/h1-4,7-9,16H,5-6H2. The van der Waals surface area contributed by atoms with Gasteiger partial charge in [0.2, 0.25) is 0 Å². The minimum absolute atomic E-state index is 0.162. The average molecular weight is 294 g/mol. The van der Waals surface area contributed by atoms with Crippen molar-refractivity contribution in [2.24, 2.45) is 0 Å². The smallest absolute Gasteiger partial charge is 0.146 e. The van der Waals surface area contributed by atoms with Crippen molar-refractivity contribution in [3.8, 4) is 11.5 Å². The Morgan fingerprint density at radius 1 is 1.12 bits per heavy atom. The summed E-state index contributed by atoms with van der Waals surface area (Å²) in [6, 6.07) is 9.50. The lowest BCUT2D eigenvalue weighted by Gasteiger charge is -2.06. The van der Waals surface area contributed by atoms with Crippen molar-refractivity contribution in [2.45, 2.75) is 6.42 Å². The van der Waals surface area contributed by atoms with Crippen LogP contribution in [0.25, 0.3) is 0 Å². The number of aromatic nitrogens is 1. The quantitative estimate of drug-likeness (QED) is 0.941. The largest absolute Gasteiger partial charge is 0.456 e. The first kappa shape index (κ1) is 12.1. The number of aliphatic hydroxyl groups is 1. The van der Waals surface area contributed by atoms with Crippen molar-refractivity contribution in [3.63, 3.8) is 0 Å². The van der Waals surface area contributed by atoms with Crippen LogP contribution in [0.5, 0.6) is 11.5 Å². The van der Waals surface area contributed by atoms with Crippen molar-refractivity contribution < 1.29 is 9.84 Å². The summed E-state index contributed by atoms with van der Waals surface area (Å²) in [7, 11) is 0. The van der Waals surface area contributed by atoms with Crippen molar-refractivity contribution >= 4 is 15.9 Å². The lowest BCUT2D eigenvalue weighted by atomic mass is 10.1. The first-order valence-electron chi connectivity index (χ1n) is 5.26. The highest BCUT2D eigenvalue weighted by Crippen LogP contribution is 2.23. The van der Waals surface area contributed by atoms with E-state index in [1.807, 2.05) is 30.3 Å². The normalized spacial score (nSPS) is 10.2. The molecule has 4 heteroatoms. The minimum atomic E-state index is 0.162. The molecule has 88 valence electrons. The fourth-order valence-corrected chi connectivity index (χ4v) is 1.78. The monoisotopic (exact) mass is 293 g/mol. The van der Waals surface area contributed by atoms with Crippen molar-refractivity contribution in [3.05, 3.63) is 52.8 Å². The summed E-state index contributed by atoms with van der Waals surface area (Å²) >= 11 is 3.34. The number of aliphatic hydroxyl groups excluding tert-OH is 1. The zero-order chi connectivity index (χ0) is 12.1. The summed E-state index contributed by atoms with van der Waals surface area (Å²) in [4.78, 5) is 4.02. The second-order valence-electron chi connectivity index (χ2n) is 3.56. The minimum Gasteiger partial charge on any atom is -0.456 e. The van der Waals surface area contributed by atoms with Crippen LogP contribution in [-0.4, -0.2) is 16.7 Å². The number of benzene rings is 1. The van der Waals surface area contributed by atoms with Gasteiger partial charge < -0.3 is 9.84 Å². The van der Waals surface area contributed by atoms with E-state index in [9.17, 15) is 0 Å². The first-order chi connectivity index (χ1) is 8.28. The third-order valence-electron chi connectivity index (χ3n) is 2.24. The van der Waals surface area contributed by atoms with Crippen LogP contribution in [0, 0.1) is 0 Å². The molecule has 0 aliphatic carbocycles. The molecule has 0 aliphatic heterocycles. The van der Waals surface area contributed by atoms with E-state index in [2.05, 4.69) is 20.9 Å². The van der Waals surface area contributed by atoms with Gasteiger partial charge in [-0.3, -0.25) is 4.98 Å². The third-order valence-corrected chi connectivity index (χ3v) is 2.67. The topological polar surface area (TPSA) is 42.4 Å². The molecule has 17 heavy (non-hydrogen) atoms. The maximum Gasteiger partial charge on any atom is 0.146 e. The maximum absolute atomic E-state index is 8.81. The molecule has 1 aromatic carbocycles. The molecular formula is C13H12BrNO2. The SMILES string of the molecule is OCCc1ccc(Oc2cncc(Br)c2)cc1. The summed E-state index contributed by atoms with van der Waals surface area (Å²) in [5.41, 5.74) is 1.09. The van der Waals surface area contributed by atoms with Crippen molar-refractivity contribution in [2.75, 3.05) is 6.61 Å². The molecule has 0 unspecified atom stereocenters. The molecule has 0 atom stereocenters. The molecule has 0 bridgehead atoms. The van der Waals surface area contributed by atoms with Crippen LogP contribution < -0.4 is 4.74 Å². The van der Waals surface area contributed by atoms with Crippen LogP contribution in [0.15, 0.2) is 47.2 Å². The molecule has 0 fully saturated rings. The van der Waals surface area contributed by atoms with Crippen molar-refractivity contribution in [1.82, 2.24) is 4.98 Å². The zero-order valence-electron chi connectivity index (χ0n) is 9.14. The fourth-order valence-electron chi connectivity index (χ4n) is 1.44. The number of pyridine rings is 1. The number of hydrogen-bond donors (Lipinski definition) is 1. The van der Waals surface area contributed by atoms with E-state index in [0.29, 0.717) is 12.2 Å². The van der Waals surface area contributed by atoms with Crippen LogP contribution in [0.1, 0.15) is 5.56 Å². The third kappa shape index (κ3) is 3.54. The number of halogens is 1. The van der Waals surface area contributed by atoms with Crippen LogP contribution in [0.2, 0.25) is 0 Å². The van der Waals surface area contributed by atoms with Gasteiger partial charge >= 0.3 is 0 Å². The molecule has 0 saturated heterocycles. The number of rotatable bonds is 4. The molecule has 0 radical (unpaired) electrons. The molecule has 1 aromatic heterocycles. The zero-order valence-corrected chi connectivity index (χ0v) is 10.7. The highest BCUT2D eigenvalue weighted by molar-refractivity contribution is 9.10. The van der Waals surface area contributed by atoms with Gasteiger partial charge in [0.25, 0.3) is 0 Å². The van der Waals surface area contributed by atoms with Gasteiger partial charge in [0.15, 0.2) is 0 Å². The van der Waals surface area contributed by atoms with Crippen LogP contribution in [0.4, 0.5) is 0 Å². The second-order valence-corrected chi connectivity index (χ2v) is 4.47. The molecule has 0 amide bonds. The van der Waals surface area contributed by atoms with E-state index in [1.165, 1.54) is 0 Å². The van der Waals surface area contributed by atoms with Gasteiger partial charge in [-0.1, -0.05) is 12.1 Å². The van der Waals surface area contributed by atoms with Gasteiger partial charge in [0.05, 0.1) is 6.20 Å². The highest BCUT2D eigenvalue weighted by Gasteiger charge is 1.99. The fraction of sp³-hybridized carbons (Fsp3) is 0.154. The Labute approximate surface area is 108 Å². The van der Waals surface area contributed by atoms with Gasteiger partial charge in [-0.25, -0.2) is 0 Å². The number of ether oxygens (including phenoxy) is 1. The van der Waals surface area contributed by atoms with Gasteiger partial charge in [-0.2, -0.15) is 0 Å². The van der Waals surface area contributed by atoms with E-state index in [4.69, 9.17) is 9.84 Å². The Balaban J connectivity index is 2.08. The predicted octanol–water partition coefficient (Wildman–Crippen LogP) is 3.17. The van der Waals surface area contributed by atoms with E-state index in [1.54, 1.807) is 12.4 Å². The van der Waals surface area contributed by atoms with Crippen LogP contribution in [0.3, 0.4) is 0 Å². The Morgan fingerprint density at radius 2 is 1.88 bits per heavy atom. The summed E-state index contributed by atoms with van der Waals surface area (Å²) < 4.78 is 6.52. The molecule has 2 rings (SSSR count). The molecule has 0 spiro atoms. The van der Waals surface area contributed by atoms with Gasteiger partial charge in [-0.05, 0) is 46.1 Å². The van der Waals surface area contributed by atoms with E-state index in [-0.39, 0.29) is 6.61 Å². The second kappa shape index (κ2) is 5.80. The average Bonchev–Trinajstić information content (AvgIpc) is 2.32. The Kier molecular flexibility index (Phi) is 4.12. The van der Waals surface area contributed by atoms with Gasteiger partial charge in [0, 0.05) is 17.3 Å². The Morgan fingerprint density at radius 3 is 2.53 bits per heavy atom. The lowest BCUT2D eigenvalue weighted by molar-refractivity contribution is 0.299. The number of nitrogens with zero attached hydrogens (tertiary/aromatic N) is 1. The summed E-state index contributed by atoms with van der Waals surface area (Å²) in [6.07, 6.45) is 4.03. The molecule has 0 saturated carbocycles. The lowest BCUT2D eigenvalue weighted by Crippen LogP contribution is -1.90. The maximum atomic E-state index is 8.81. The van der Waals surface area contributed by atoms with Gasteiger partial charge in [-0.15, -0.1) is 0 Å². The molecule has 1 N–H and O–H groups in total.